The molecule has 0 N–H and O–H groups in total. The Morgan fingerprint density at radius 1 is 0.824 bits per heavy atom. The van der Waals surface area contributed by atoms with E-state index in [4.69, 9.17) is 14.7 Å². The van der Waals surface area contributed by atoms with Crippen molar-refractivity contribution in [3.05, 3.63) is 113 Å². The van der Waals surface area contributed by atoms with Crippen molar-refractivity contribution in [3.63, 3.8) is 0 Å². The van der Waals surface area contributed by atoms with Gasteiger partial charge >= 0.3 is 0 Å². The molecule has 0 atom stereocenters. The number of Topliss-reactive ketones (excluding diaryl/α,β-unsaturated/α-hetero) is 1. The highest BCUT2D eigenvalue weighted by molar-refractivity contribution is 5.83. The van der Waals surface area contributed by atoms with Gasteiger partial charge in [-0.15, -0.1) is 0 Å². The van der Waals surface area contributed by atoms with Gasteiger partial charge in [0.25, 0.3) is 0 Å². The number of benzene rings is 3. The smallest absolute Gasteiger partial charge is 0.143 e. The molecule has 0 amide bonds. The molecule has 0 unspecified atom stereocenters. The van der Waals surface area contributed by atoms with E-state index in [1.54, 1.807) is 6.20 Å². The normalized spacial score (nSPS) is 10.9. The number of hydrogen-bond acceptors (Lipinski definition) is 4. The second-order valence-corrected chi connectivity index (χ2v) is 8.88. The zero-order valence-electron chi connectivity index (χ0n) is 20.0. The second kappa shape index (κ2) is 10.9. The lowest BCUT2D eigenvalue weighted by atomic mass is 10.0. The Labute approximate surface area is 201 Å². The summed E-state index contributed by atoms with van der Waals surface area (Å²) in [6, 6.07) is 26.2. The molecule has 0 saturated carbocycles. The number of carbonyl (C=O) groups excluding carboxylic acids is 1. The van der Waals surface area contributed by atoms with Crippen LogP contribution in [0.1, 0.15) is 41.9 Å². The van der Waals surface area contributed by atoms with Gasteiger partial charge in [-0.1, -0.05) is 72.3 Å². The number of nitrogens with zero attached hydrogens (tertiary/aromatic N) is 2. The first-order chi connectivity index (χ1) is 16.5. The molecule has 4 nitrogen and oxygen atoms in total. The van der Waals surface area contributed by atoms with Gasteiger partial charge in [0.15, 0.2) is 0 Å². The summed E-state index contributed by atoms with van der Waals surface area (Å²) < 4.78 is 5.69. The molecule has 0 saturated heterocycles. The van der Waals surface area contributed by atoms with Crippen molar-refractivity contribution in [2.24, 2.45) is 0 Å². The first-order valence-electron chi connectivity index (χ1n) is 11.7. The Balaban J connectivity index is 1.54. The third kappa shape index (κ3) is 6.38. The monoisotopic (exact) mass is 450 g/mol. The van der Waals surface area contributed by atoms with Crippen molar-refractivity contribution in [2.45, 2.75) is 46.1 Å². The van der Waals surface area contributed by atoms with E-state index < -0.39 is 0 Å². The second-order valence-electron chi connectivity index (χ2n) is 8.88. The fourth-order valence-corrected chi connectivity index (χ4v) is 3.83. The lowest BCUT2D eigenvalue weighted by Crippen LogP contribution is -2.12. The van der Waals surface area contributed by atoms with Crippen LogP contribution in [0.5, 0.6) is 5.75 Å². The van der Waals surface area contributed by atoms with E-state index in [1.807, 2.05) is 56.3 Å². The Hall–Kier alpha value is -3.79. The van der Waals surface area contributed by atoms with Crippen molar-refractivity contribution in [2.75, 3.05) is 0 Å². The Morgan fingerprint density at radius 2 is 1.53 bits per heavy atom. The van der Waals surface area contributed by atoms with Crippen LogP contribution in [-0.4, -0.2) is 21.9 Å². The van der Waals surface area contributed by atoms with Crippen LogP contribution >= 0.6 is 0 Å². The predicted molar refractivity (Wildman–Crippen MR) is 136 cm³/mol. The van der Waals surface area contributed by atoms with Crippen LogP contribution in [0, 0.1) is 6.92 Å². The molecule has 3 aromatic carbocycles. The first kappa shape index (κ1) is 23.4. The van der Waals surface area contributed by atoms with Gasteiger partial charge in [-0.2, -0.15) is 0 Å². The fourth-order valence-electron chi connectivity index (χ4n) is 3.83. The number of ketones is 1. The standard InChI is InChI=1S/C30H30N2O2/c1-21(2)34-27-15-11-24(12-16-27)17-26(33)19-28-29(18-23-7-5-4-6-8-23)32-30(20-31-28)25-13-9-22(3)10-14-25/h4-16,20-21H,17-19H2,1-3H3. The van der Waals surface area contributed by atoms with Crippen LogP contribution in [0.15, 0.2) is 85.1 Å². The van der Waals surface area contributed by atoms with Crippen LogP contribution in [0.2, 0.25) is 0 Å². The van der Waals surface area contributed by atoms with Crippen LogP contribution in [-0.2, 0) is 24.1 Å². The maximum Gasteiger partial charge on any atom is 0.143 e. The Bertz CT molecular complexity index is 1230. The number of aryl methyl sites for hydroxylation is 1. The highest BCUT2D eigenvalue weighted by atomic mass is 16.5. The van der Waals surface area contributed by atoms with Gasteiger partial charge < -0.3 is 4.74 Å². The summed E-state index contributed by atoms with van der Waals surface area (Å²) in [5.74, 6) is 0.929. The number of aromatic nitrogens is 2. The van der Waals surface area contributed by atoms with Gasteiger partial charge in [-0.3, -0.25) is 9.78 Å². The summed E-state index contributed by atoms with van der Waals surface area (Å²) in [7, 11) is 0. The summed E-state index contributed by atoms with van der Waals surface area (Å²) in [5, 5.41) is 0. The molecule has 0 fully saturated rings. The third-order valence-electron chi connectivity index (χ3n) is 5.55. The van der Waals surface area contributed by atoms with Crippen molar-refractivity contribution in [1.82, 2.24) is 9.97 Å². The predicted octanol–water partition coefficient (Wildman–Crippen LogP) is 6.18. The van der Waals surface area contributed by atoms with E-state index in [1.165, 1.54) is 5.56 Å². The summed E-state index contributed by atoms with van der Waals surface area (Å²) in [6.07, 6.45) is 3.15. The van der Waals surface area contributed by atoms with Crippen molar-refractivity contribution in [1.29, 1.82) is 0 Å². The molecule has 0 spiro atoms. The number of ether oxygens (including phenoxy) is 1. The Morgan fingerprint density at radius 3 is 2.21 bits per heavy atom. The van der Waals surface area contributed by atoms with E-state index in [9.17, 15) is 4.79 Å². The van der Waals surface area contributed by atoms with Gasteiger partial charge in [0, 0.05) is 18.4 Å². The third-order valence-corrected chi connectivity index (χ3v) is 5.55. The quantitative estimate of drug-likeness (QED) is 0.305. The molecule has 1 heterocycles. The van der Waals surface area contributed by atoms with Crippen LogP contribution in [0.3, 0.4) is 0 Å². The zero-order chi connectivity index (χ0) is 23.9. The summed E-state index contributed by atoms with van der Waals surface area (Å²) in [5.41, 5.74) is 6.74. The van der Waals surface area contributed by atoms with E-state index in [-0.39, 0.29) is 18.3 Å². The molecule has 34 heavy (non-hydrogen) atoms. The van der Waals surface area contributed by atoms with E-state index in [0.29, 0.717) is 12.8 Å². The molecule has 0 bridgehead atoms. The first-order valence-corrected chi connectivity index (χ1v) is 11.7. The van der Waals surface area contributed by atoms with Crippen LogP contribution in [0.25, 0.3) is 11.3 Å². The number of carbonyl (C=O) groups is 1. The molecule has 0 aliphatic rings. The molecule has 4 aromatic rings. The maximum atomic E-state index is 12.9. The van der Waals surface area contributed by atoms with Crippen LogP contribution < -0.4 is 4.74 Å². The van der Waals surface area contributed by atoms with E-state index >= 15 is 0 Å². The van der Waals surface area contributed by atoms with Crippen molar-refractivity contribution < 1.29 is 9.53 Å². The lowest BCUT2D eigenvalue weighted by Gasteiger charge is -2.12. The molecule has 1 aromatic heterocycles. The van der Waals surface area contributed by atoms with Gasteiger partial charge in [-0.05, 0) is 44.0 Å². The minimum absolute atomic E-state index is 0.115. The summed E-state index contributed by atoms with van der Waals surface area (Å²) in [4.78, 5) is 22.6. The highest BCUT2D eigenvalue weighted by Crippen LogP contribution is 2.21. The van der Waals surface area contributed by atoms with Crippen molar-refractivity contribution >= 4 is 5.78 Å². The fraction of sp³-hybridized carbons (Fsp3) is 0.233. The lowest BCUT2D eigenvalue weighted by molar-refractivity contribution is -0.117. The summed E-state index contributed by atoms with van der Waals surface area (Å²) in [6.45, 7) is 6.06. The van der Waals surface area contributed by atoms with Gasteiger partial charge in [0.2, 0.25) is 0 Å². The molecular weight excluding hydrogens is 420 g/mol. The minimum atomic E-state index is 0.115. The Kier molecular flexibility index (Phi) is 7.48. The van der Waals surface area contributed by atoms with Gasteiger partial charge in [-0.25, -0.2) is 4.98 Å². The molecule has 4 heteroatoms. The molecule has 0 radical (unpaired) electrons. The average molecular weight is 451 g/mol. The summed E-state index contributed by atoms with van der Waals surface area (Å²) >= 11 is 0. The highest BCUT2D eigenvalue weighted by Gasteiger charge is 2.14. The maximum absolute atomic E-state index is 12.9. The number of rotatable bonds is 9. The average Bonchev–Trinajstić information content (AvgIpc) is 2.82. The van der Waals surface area contributed by atoms with Crippen LogP contribution in [0.4, 0.5) is 0 Å². The number of hydrogen-bond donors (Lipinski definition) is 0. The molecule has 0 aliphatic carbocycles. The van der Waals surface area contributed by atoms with Gasteiger partial charge in [0.05, 0.1) is 35.8 Å². The van der Waals surface area contributed by atoms with E-state index in [2.05, 4.69) is 43.3 Å². The SMILES string of the molecule is Cc1ccc(-c2cnc(CC(=O)Cc3ccc(OC(C)C)cc3)c(Cc3ccccc3)n2)cc1. The minimum Gasteiger partial charge on any atom is -0.491 e. The molecule has 0 aliphatic heterocycles. The molecular formula is C30H30N2O2. The zero-order valence-corrected chi connectivity index (χ0v) is 20.0. The van der Waals surface area contributed by atoms with Crippen molar-refractivity contribution in [3.8, 4) is 17.0 Å². The largest absolute Gasteiger partial charge is 0.491 e. The van der Waals surface area contributed by atoms with E-state index in [0.717, 1.165) is 39.5 Å². The molecule has 172 valence electrons. The topological polar surface area (TPSA) is 52.1 Å². The molecule has 4 rings (SSSR count). The van der Waals surface area contributed by atoms with Gasteiger partial charge in [0.1, 0.15) is 11.5 Å².